The molecule has 0 saturated carbocycles. The molecule has 0 aliphatic carbocycles. The van der Waals surface area contributed by atoms with Crippen molar-refractivity contribution in [2.24, 2.45) is 0 Å². The van der Waals surface area contributed by atoms with Gasteiger partial charge >= 0.3 is 189 Å². The molecule has 0 aromatic heterocycles. The summed E-state index contributed by atoms with van der Waals surface area (Å²) in [6, 6.07) is 35.1. The molecule has 4 aromatic rings. The minimum absolute atomic E-state index is 0. The molecule has 0 amide bonds. The van der Waals surface area contributed by atoms with Crippen molar-refractivity contribution in [2.45, 2.75) is 13.2 Å². The number of benzene rings is 4. The van der Waals surface area contributed by atoms with E-state index in [9.17, 15) is 0 Å². The molecule has 0 aliphatic rings. The van der Waals surface area contributed by atoms with Gasteiger partial charge in [-0.3, -0.25) is 0 Å². The van der Waals surface area contributed by atoms with Crippen LogP contribution < -0.4 is 17.2 Å². The number of para-hydroxylation sites is 4. The van der Waals surface area contributed by atoms with Crippen molar-refractivity contribution < 1.29 is 43.5 Å². The van der Waals surface area contributed by atoms with Crippen molar-refractivity contribution in [3.63, 3.8) is 0 Å². The standard InChI is InChI=1S/2C13H12O2.Co.2H2O/c2*14-12-8-4-5-9-13(12)15-10-11-6-2-1-3-7-11;;;/h2*1-9,14H,10H2;;2*1H2/q;;+2;;/p-2. The van der Waals surface area contributed by atoms with Crippen molar-refractivity contribution in [1.82, 2.24) is 0 Å². The molecule has 0 aliphatic heterocycles. The molecule has 4 rings (SSSR count). The van der Waals surface area contributed by atoms with E-state index >= 15 is 0 Å². The molecular weight excluding hydrogens is 467 g/mol. The molecule has 0 heterocycles. The van der Waals surface area contributed by atoms with Crippen LogP contribution in [0.4, 0.5) is 0 Å². The Bertz CT molecular complexity index is 989. The number of hydrogen-bond acceptors (Lipinski definition) is 4. The molecule has 0 atom stereocenters. The summed E-state index contributed by atoms with van der Waals surface area (Å²) in [7, 11) is 0. The van der Waals surface area contributed by atoms with Crippen LogP contribution in [0, 0.1) is 0 Å². The topological polar surface area (TPSA) is 99.9 Å². The second kappa shape index (κ2) is 13.8. The summed E-state index contributed by atoms with van der Waals surface area (Å²) >= 11 is 0.351. The van der Waals surface area contributed by atoms with Crippen LogP contribution in [0.2, 0.25) is 0 Å². The van der Waals surface area contributed by atoms with E-state index in [2.05, 4.69) is 0 Å². The van der Waals surface area contributed by atoms with Crippen molar-refractivity contribution >= 4 is 0 Å². The Hall–Kier alpha value is -3.49. The van der Waals surface area contributed by atoms with Gasteiger partial charge in [0.1, 0.15) is 0 Å². The fraction of sp³-hybridized carbons (Fsp3) is 0.0769. The second-order valence-corrected chi connectivity index (χ2v) is 7.23. The fourth-order valence-corrected chi connectivity index (χ4v) is 3.38. The van der Waals surface area contributed by atoms with Gasteiger partial charge in [-0.05, 0) is 0 Å². The van der Waals surface area contributed by atoms with E-state index < -0.39 is 0 Å². The van der Waals surface area contributed by atoms with Crippen LogP contribution in [0.3, 0.4) is 0 Å². The normalized spacial score (nSPS) is 9.82. The molecule has 0 bridgehead atoms. The first kappa shape index (κ1) is 25.8. The quantitative estimate of drug-likeness (QED) is 0.323. The van der Waals surface area contributed by atoms with Crippen LogP contribution in [0.1, 0.15) is 11.1 Å². The van der Waals surface area contributed by atoms with Gasteiger partial charge in [-0.2, -0.15) is 0 Å². The Morgan fingerprint density at radius 1 is 0.424 bits per heavy atom. The summed E-state index contributed by atoms with van der Waals surface area (Å²) in [5, 5.41) is 0. The van der Waals surface area contributed by atoms with E-state index in [4.69, 9.17) is 17.2 Å². The van der Waals surface area contributed by atoms with Gasteiger partial charge in [0, 0.05) is 0 Å². The molecule has 4 aromatic carbocycles. The fourth-order valence-electron chi connectivity index (χ4n) is 2.80. The van der Waals surface area contributed by atoms with Gasteiger partial charge in [-0.1, -0.05) is 0 Å². The molecule has 175 valence electrons. The Morgan fingerprint density at radius 2 is 0.758 bits per heavy atom. The SMILES string of the molecule is O.O.c1ccc(COc2ccccc2[O][Co][O]c2ccccc2OCc2ccccc2)cc1. The molecule has 7 heteroatoms. The zero-order chi connectivity index (χ0) is 21.1. The predicted molar refractivity (Wildman–Crippen MR) is 123 cm³/mol. The van der Waals surface area contributed by atoms with Gasteiger partial charge in [0.25, 0.3) is 0 Å². The van der Waals surface area contributed by atoms with Gasteiger partial charge in [0.05, 0.1) is 0 Å². The van der Waals surface area contributed by atoms with Crippen LogP contribution in [0.15, 0.2) is 109 Å². The van der Waals surface area contributed by atoms with E-state index in [1.165, 1.54) is 0 Å². The van der Waals surface area contributed by atoms with Crippen LogP contribution >= 0.6 is 0 Å². The first-order chi connectivity index (χ1) is 15.4. The first-order valence-corrected chi connectivity index (χ1v) is 10.7. The molecule has 0 radical (unpaired) electrons. The van der Waals surface area contributed by atoms with Gasteiger partial charge in [-0.25, -0.2) is 0 Å². The van der Waals surface area contributed by atoms with E-state index in [0.717, 1.165) is 11.1 Å². The molecule has 6 nitrogen and oxygen atoms in total. The Kier molecular flexibility index (Phi) is 10.8. The minimum atomic E-state index is 0. The first-order valence-electron chi connectivity index (χ1n) is 9.85. The third-order valence-corrected chi connectivity index (χ3v) is 5.01. The summed E-state index contributed by atoms with van der Waals surface area (Å²) in [5.41, 5.74) is 2.19. The van der Waals surface area contributed by atoms with Crippen molar-refractivity contribution in [3.05, 3.63) is 120 Å². The second-order valence-electron chi connectivity index (χ2n) is 6.63. The Balaban J connectivity index is 0.00000193. The number of rotatable bonds is 10. The maximum atomic E-state index is 5.93. The van der Waals surface area contributed by atoms with Crippen LogP contribution in [-0.2, 0) is 28.6 Å². The van der Waals surface area contributed by atoms with Gasteiger partial charge in [0.15, 0.2) is 0 Å². The third-order valence-electron chi connectivity index (χ3n) is 4.37. The van der Waals surface area contributed by atoms with Gasteiger partial charge < -0.3 is 11.0 Å². The molecule has 0 fully saturated rings. The third kappa shape index (κ3) is 7.85. The zero-order valence-corrected chi connectivity index (χ0v) is 18.8. The number of hydrogen-bond donors (Lipinski definition) is 0. The number of ether oxygens (including phenoxy) is 2. The molecular formula is C26H26CoO6. The summed E-state index contributed by atoms with van der Waals surface area (Å²) in [4.78, 5) is 0. The van der Waals surface area contributed by atoms with Crippen molar-refractivity contribution in [3.8, 4) is 23.0 Å². The van der Waals surface area contributed by atoms with Crippen LogP contribution in [0.25, 0.3) is 0 Å². The average Bonchev–Trinajstić information content (AvgIpc) is 2.84. The summed E-state index contributed by atoms with van der Waals surface area (Å²) < 4.78 is 23.5. The maximum absolute atomic E-state index is 5.93. The summed E-state index contributed by atoms with van der Waals surface area (Å²) in [6.45, 7) is 0.934. The zero-order valence-electron chi connectivity index (χ0n) is 17.8. The van der Waals surface area contributed by atoms with Crippen molar-refractivity contribution in [2.75, 3.05) is 0 Å². The molecule has 0 saturated heterocycles. The van der Waals surface area contributed by atoms with E-state index in [-0.39, 0.29) is 11.0 Å². The van der Waals surface area contributed by atoms with E-state index in [1.807, 2.05) is 109 Å². The van der Waals surface area contributed by atoms with E-state index in [1.54, 1.807) is 0 Å². The predicted octanol–water partition coefficient (Wildman–Crippen LogP) is 4.57. The Morgan fingerprint density at radius 3 is 1.15 bits per heavy atom. The molecule has 33 heavy (non-hydrogen) atoms. The molecule has 0 spiro atoms. The monoisotopic (exact) mass is 493 g/mol. The molecule has 4 N–H and O–H groups in total. The van der Waals surface area contributed by atoms with E-state index in [0.29, 0.717) is 51.6 Å². The average molecular weight is 493 g/mol. The Labute approximate surface area is 199 Å². The van der Waals surface area contributed by atoms with Gasteiger partial charge in [-0.15, -0.1) is 0 Å². The van der Waals surface area contributed by atoms with Crippen molar-refractivity contribution in [1.29, 1.82) is 0 Å². The van der Waals surface area contributed by atoms with Crippen LogP contribution in [0.5, 0.6) is 23.0 Å². The van der Waals surface area contributed by atoms with Crippen LogP contribution in [-0.4, -0.2) is 11.0 Å². The summed E-state index contributed by atoms with van der Waals surface area (Å²) in [5.74, 6) is 2.55. The summed E-state index contributed by atoms with van der Waals surface area (Å²) in [6.07, 6.45) is 0. The molecule has 0 unspecified atom stereocenters. The van der Waals surface area contributed by atoms with Gasteiger partial charge in [0.2, 0.25) is 0 Å².